The van der Waals surface area contributed by atoms with Crippen LogP contribution in [0.3, 0.4) is 0 Å². The van der Waals surface area contributed by atoms with Crippen molar-refractivity contribution in [2.45, 2.75) is 0 Å². The van der Waals surface area contributed by atoms with Gasteiger partial charge in [0.05, 0.1) is 0 Å². The largest absolute Gasteiger partial charge is 0.425 e. The fourth-order valence-electron chi connectivity index (χ4n) is 1.28. The molecule has 0 atom stereocenters. The summed E-state index contributed by atoms with van der Waals surface area (Å²) in [4.78, 5) is 0. The first-order chi connectivity index (χ1) is 10.7. The molecule has 0 aromatic heterocycles. The predicted molar refractivity (Wildman–Crippen MR) is 81.4 cm³/mol. The van der Waals surface area contributed by atoms with Gasteiger partial charge in [0.2, 0.25) is 0 Å². The molecule has 0 saturated heterocycles. The molecule has 23 heavy (non-hydrogen) atoms. The minimum absolute atomic E-state index is 1.12. The smallest absolute Gasteiger partial charge is 0.356 e. The van der Waals surface area contributed by atoms with E-state index in [0.29, 0.717) is 0 Å². The van der Waals surface area contributed by atoms with Crippen molar-refractivity contribution in [3.8, 4) is 0 Å². The van der Waals surface area contributed by atoms with Crippen LogP contribution in [-0.2, 0) is 29.5 Å². The van der Waals surface area contributed by atoms with E-state index < -0.39 is 20.8 Å². The van der Waals surface area contributed by atoms with Crippen molar-refractivity contribution < 1.29 is 34.6 Å². The first kappa shape index (κ1) is 19.0. The van der Waals surface area contributed by atoms with E-state index >= 15 is 0 Å². The molecule has 2 aromatic rings. The molecular formula is C12H13NO8S2. The normalized spacial score (nSPS) is 11.2. The number of benzene rings is 2. The highest BCUT2D eigenvalue weighted by Gasteiger charge is 2.13. The monoisotopic (exact) mass is 363 g/mol. The van der Waals surface area contributed by atoms with Crippen LogP contribution in [0.2, 0.25) is 0 Å². The van der Waals surface area contributed by atoms with Crippen LogP contribution < -0.4 is 5.32 Å². The zero-order valence-electron chi connectivity index (χ0n) is 11.4. The Morgan fingerprint density at radius 3 is 1.22 bits per heavy atom. The zero-order valence-corrected chi connectivity index (χ0v) is 13.1. The van der Waals surface area contributed by atoms with Crippen LogP contribution in [0.25, 0.3) is 0 Å². The van der Waals surface area contributed by atoms with Crippen molar-refractivity contribution in [1.29, 1.82) is 0 Å². The summed E-state index contributed by atoms with van der Waals surface area (Å²) in [6.07, 6.45) is 0. The van der Waals surface area contributed by atoms with Crippen molar-refractivity contribution in [2.75, 3.05) is 5.32 Å². The third-order valence-corrected chi connectivity index (χ3v) is 2.60. The van der Waals surface area contributed by atoms with Crippen LogP contribution in [0.4, 0.5) is 11.4 Å². The first-order valence-corrected chi connectivity index (χ1v) is 8.58. The molecule has 3 N–H and O–H groups in total. The fourth-order valence-corrected chi connectivity index (χ4v) is 1.84. The van der Waals surface area contributed by atoms with E-state index in [1.165, 1.54) is 0 Å². The highest BCUT2D eigenvalue weighted by Crippen LogP contribution is 2.14. The Balaban J connectivity index is 0.000000241. The Hall–Kier alpha value is -2.02. The van der Waals surface area contributed by atoms with E-state index in [9.17, 15) is 16.8 Å². The molecular weight excluding hydrogens is 350 g/mol. The fraction of sp³-hybridized carbons (Fsp3) is 0. The minimum Gasteiger partial charge on any atom is -0.356 e. The molecule has 0 unspecified atom stereocenters. The van der Waals surface area contributed by atoms with Crippen molar-refractivity contribution >= 4 is 32.2 Å². The van der Waals surface area contributed by atoms with E-state index in [1.807, 2.05) is 60.7 Å². The summed E-state index contributed by atoms with van der Waals surface area (Å²) >= 11 is 0. The van der Waals surface area contributed by atoms with Crippen LogP contribution in [-0.4, -0.2) is 25.9 Å². The molecule has 0 amide bonds. The van der Waals surface area contributed by atoms with Gasteiger partial charge in [0, 0.05) is 11.4 Å². The van der Waals surface area contributed by atoms with Crippen LogP contribution >= 0.6 is 0 Å². The molecule has 0 bridgehead atoms. The highest BCUT2D eigenvalue weighted by molar-refractivity contribution is 7.83. The van der Waals surface area contributed by atoms with Gasteiger partial charge in [-0.25, -0.2) is 0 Å². The SMILES string of the molecule is O=S(=O)(O)OOS(=O)(=O)O.c1ccc(Nc2ccccc2)cc1. The van der Waals surface area contributed by atoms with E-state index in [2.05, 4.69) is 14.0 Å². The van der Waals surface area contributed by atoms with Gasteiger partial charge in [0.15, 0.2) is 0 Å². The summed E-state index contributed by atoms with van der Waals surface area (Å²) in [7, 11) is -10.0. The summed E-state index contributed by atoms with van der Waals surface area (Å²) in [6.45, 7) is 0. The second-order valence-corrected chi connectivity index (χ2v) is 5.83. The third-order valence-electron chi connectivity index (χ3n) is 2.04. The maximum atomic E-state index is 9.51. The molecule has 0 aliphatic rings. The second kappa shape index (κ2) is 8.57. The zero-order chi connectivity index (χ0) is 17.3. The van der Waals surface area contributed by atoms with Crippen molar-refractivity contribution in [1.82, 2.24) is 0 Å². The molecule has 2 aromatic carbocycles. The summed E-state index contributed by atoms with van der Waals surface area (Å²) in [6, 6.07) is 20.3. The van der Waals surface area contributed by atoms with Gasteiger partial charge < -0.3 is 5.32 Å². The maximum absolute atomic E-state index is 9.51. The number of hydrogen-bond donors (Lipinski definition) is 3. The standard InChI is InChI=1S/C12H11N.H2O8S2/c1-3-7-11(8-4-1)13-12-9-5-2-6-10-12;1-9(2,3)7-8-10(4,5)6/h1-10,13H;(H,1,2,3)(H,4,5,6). The lowest BCUT2D eigenvalue weighted by molar-refractivity contribution is -0.105. The summed E-state index contributed by atoms with van der Waals surface area (Å²) in [5, 5.41) is 3.30. The molecule has 0 fully saturated rings. The highest BCUT2D eigenvalue weighted by atomic mass is 32.3. The van der Waals surface area contributed by atoms with Gasteiger partial charge in [-0.3, -0.25) is 9.11 Å². The Morgan fingerprint density at radius 1 is 0.652 bits per heavy atom. The lowest BCUT2D eigenvalue weighted by Crippen LogP contribution is -2.10. The Kier molecular flexibility index (Phi) is 7.09. The van der Waals surface area contributed by atoms with E-state index in [4.69, 9.17) is 9.11 Å². The van der Waals surface area contributed by atoms with Crippen molar-refractivity contribution in [3.05, 3.63) is 60.7 Å². The number of anilines is 2. The maximum Gasteiger partial charge on any atom is 0.425 e. The molecule has 9 nitrogen and oxygen atoms in total. The van der Waals surface area contributed by atoms with E-state index in [0.717, 1.165) is 11.4 Å². The Labute approximate surface area is 133 Å². The van der Waals surface area contributed by atoms with Gasteiger partial charge in [-0.1, -0.05) is 45.1 Å². The lowest BCUT2D eigenvalue weighted by Gasteiger charge is -2.04. The Morgan fingerprint density at radius 2 is 0.957 bits per heavy atom. The second-order valence-electron chi connectivity index (χ2n) is 3.85. The van der Waals surface area contributed by atoms with Crippen LogP contribution in [0, 0.1) is 0 Å². The van der Waals surface area contributed by atoms with Gasteiger partial charge in [-0.2, -0.15) is 16.8 Å². The summed E-state index contributed by atoms with van der Waals surface area (Å²) in [5.74, 6) is 0. The topological polar surface area (TPSA) is 139 Å². The summed E-state index contributed by atoms with van der Waals surface area (Å²) < 4.78 is 58.9. The molecule has 0 aliphatic heterocycles. The average molecular weight is 363 g/mol. The average Bonchev–Trinajstić information content (AvgIpc) is 2.47. The molecule has 0 heterocycles. The van der Waals surface area contributed by atoms with Gasteiger partial charge in [-0.15, -0.1) is 0 Å². The third kappa shape index (κ3) is 10.4. The quantitative estimate of drug-likeness (QED) is 0.413. The van der Waals surface area contributed by atoms with Gasteiger partial charge in [0.1, 0.15) is 0 Å². The molecule has 2 rings (SSSR count). The number of nitrogens with one attached hydrogen (secondary N) is 1. The molecule has 126 valence electrons. The van der Waals surface area contributed by atoms with Crippen molar-refractivity contribution in [3.63, 3.8) is 0 Å². The molecule has 0 spiro atoms. The number of rotatable bonds is 5. The van der Waals surface area contributed by atoms with Crippen LogP contribution in [0.5, 0.6) is 0 Å². The van der Waals surface area contributed by atoms with Gasteiger partial charge >= 0.3 is 20.8 Å². The first-order valence-electron chi connectivity index (χ1n) is 5.85. The van der Waals surface area contributed by atoms with Crippen molar-refractivity contribution in [2.24, 2.45) is 0 Å². The predicted octanol–water partition coefficient (Wildman–Crippen LogP) is 1.97. The molecule has 0 radical (unpaired) electrons. The van der Waals surface area contributed by atoms with Gasteiger partial charge in [0.25, 0.3) is 0 Å². The van der Waals surface area contributed by atoms with Crippen LogP contribution in [0.15, 0.2) is 60.7 Å². The minimum atomic E-state index is -5.02. The number of hydrogen-bond acceptors (Lipinski definition) is 7. The molecule has 0 aliphatic carbocycles. The summed E-state index contributed by atoms with van der Waals surface area (Å²) in [5.41, 5.74) is 2.24. The van der Waals surface area contributed by atoms with Crippen LogP contribution in [0.1, 0.15) is 0 Å². The van der Waals surface area contributed by atoms with E-state index in [1.54, 1.807) is 0 Å². The Bertz CT molecular complexity index is 722. The van der Waals surface area contributed by atoms with Gasteiger partial charge in [-0.05, 0) is 24.3 Å². The molecule has 11 heteroatoms. The molecule has 0 saturated carbocycles. The van der Waals surface area contributed by atoms with E-state index in [-0.39, 0.29) is 0 Å². The lowest BCUT2D eigenvalue weighted by atomic mass is 10.3. The number of para-hydroxylation sites is 2.